The van der Waals surface area contributed by atoms with Gasteiger partial charge in [0.15, 0.2) is 5.78 Å². The second-order valence-corrected chi connectivity index (χ2v) is 9.18. The first-order chi connectivity index (χ1) is 13.1. The van der Waals surface area contributed by atoms with E-state index in [1.165, 1.54) is 24.3 Å². The minimum absolute atomic E-state index is 0.0125. The molecule has 0 saturated carbocycles. The molecule has 1 aliphatic heterocycles. The molecule has 0 spiro atoms. The molecular formula is C18H24ClN3O5S. The fourth-order valence-electron chi connectivity index (χ4n) is 3.16. The fourth-order valence-corrected chi connectivity index (χ4v) is 4.89. The van der Waals surface area contributed by atoms with E-state index in [9.17, 15) is 22.8 Å². The van der Waals surface area contributed by atoms with Crippen LogP contribution in [0.15, 0.2) is 29.2 Å². The topological polar surface area (TPSA) is 127 Å². The molecule has 1 aromatic carbocycles. The summed E-state index contributed by atoms with van der Waals surface area (Å²) in [6, 6.07) is 4.31. The molecule has 2 rings (SSSR count). The van der Waals surface area contributed by atoms with Gasteiger partial charge in [0.2, 0.25) is 11.8 Å². The highest BCUT2D eigenvalue weighted by molar-refractivity contribution is 7.89. The molecule has 1 aliphatic rings. The molecule has 2 amide bonds. The van der Waals surface area contributed by atoms with Crippen LogP contribution < -0.4 is 11.1 Å². The van der Waals surface area contributed by atoms with Crippen LogP contribution in [0.2, 0.25) is 5.02 Å². The molecule has 154 valence electrons. The van der Waals surface area contributed by atoms with Crippen molar-refractivity contribution in [3.63, 3.8) is 0 Å². The van der Waals surface area contributed by atoms with Crippen LogP contribution in [0.25, 0.3) is 0 Å². The van der Waals surface area contributed by atoms with E-state index in [-0.39, 0.29) is 36.5 Å². The first-order valence-corrected chi connectivity index (χ1v) is 10.8. The Morgan fingerprint density at radius 2 is 1.93 bits per heavy atom. The third-order valence-corrected chi connectivity index (χ3v) is 6.57. The molecular weight excluding hydrogens is 406 g/mol. The largest absolute Gasteiger partial charge is 0.370 e. The zero-order valence-corrected chi connectivity index (χ0v) is 17.1. The predicted octanol–water partition coefficient (Wildman–Crippen LogP) is 1.08. The normalized spacial score (nSPS) is 18.9. The molecule has 1 fully saturated rings. The van der Waals surface area contributed by atoms with Crippen molar-refractivity contribution in [1.29, 1.82) is 0 Å². The number of amides is 2. The number of benzene rings is 1. The van der Waals surface area contributed by atoms with Gasteiger partial charge in [0, 0.05) is 17.9 Å². The number of rotatable bonds is 7. The van der Waals surface area contributed by atoms with Gasteiger partial charge in [-0.2, -0.15) is 0 Å². The van der Waals surface area contributed by atoms with Crippen LogP contribution in [0, 0.1) is 5.92 Å². The molecule has 0 aliphatic carbocycles. The lowest BCUT2D eigenvalue weighted by atomic mass is 10.0. The second kappa shape index (κ2) is 9.49. The minimum Gasteiger partial charge on any atom is -0.370 e. The molecule has 3 N–H and O–H groups in total. The number of hydrogen-bond acceptors (Lipinski definition) is 6. The van der Waals surface area contributed by atoms with Gasteiger partial charge in [0.05, 0.1) is 11.4 Å². The number of hydrogen-bond donors (Lipinski definition) is 2. The first-order valence-electron chi connectivity index (χ1n) is 8.97. The van der Waals surface area contributed by atoms with Gasteiger partial charge in [-0.1, -0.05) is 18.5 Å². The van der Waals surface area contributed by atoms with E-state index in [1.807, 2.05) is 0 Å². The van der Waals surface area contributed by atoms with Gasteiger partial charge in [-0.15, -0.1) is 0 Å². The van der Waals surface area contributed by atoms with Crippen molar-refractivity contribution < 1.29 is 22.8 Å². The summed E-state index contributed by atoms with van der Waals surface area (Å²) in [7, 11) is -4.28. The van der Waals surface area contributed by atoms with Crippen LogP contribution in [0.5, 0.6) is 0 Å². The number of halogens is 1. The Morgan fingerprint density at radius 1 is 1.29 bits per heavy atom. The Morgan fingerprint density at radius 3 is 2.54 bits per heavy atom. The summed E-state index contributed by atoms with van der Waals surface area (Å²) < 4.78 is 27.2. The highest BCUT2D eigenvalue weighted by atomic mass is 35.5. The third-order valence-electron chi connectivity index (χ3n) is 4.47. The van der Waals surface area contributed by atoms with Crippen LogP contribution in [0.1, 0.15) is 32.6 Å². The Hall–Kier alpha value is -1.97. The molecule has 28 heavy (non-hydrogen) atoms. The van der Waals surface area contributed by atoms with Crippen LogP contribution in [0.3, 0.4) is 0 Å². The lowest BCUT2D eigenvalue weighted by molar-refractivity contribution is -0.134. The first kappa shape index (κ1) is 22.3. The Balaban J connectivity index is 2.42. The lowest BCUT2D eigenvalue weighted by Gasteiger charge is -2.30. The van der Waals surface area contributed by atoms with Crippen LogP contribution in [-0.2, 0) is 24.4 Å². The molecule has 1 saturated heterocycles. The fraction of sp³-hybridized carbons (Fsp3) is 0.500. The lowest BCUT2D eigenvalue weighted by Crippen LogP contribution is -2.50. The van der Waals surface area contributed by atoms with E-state index in [0.29, 0.717) is 22.3 Å². The number of ketones is 1. The van der Waals surface area contributed by atoms with E-state index in [4.69, 9.17) is 17.3 Å². The van der Waals surface area contributed by atoms with E-state index in [0.717, 1.165) is 0 Å². The van der Waals surface area contributed by atoms with E-state index >= 15 is 0 Å². The van der Waals surface area contributed by atoms with Gasteiger partial charge >= 0.3 is 0 Å². The van der Waals surface area contributed by atoms with Crippen LogP contribution in [-0.4, -0.2) is 49.5 Å². The highest BCUT2D eigenvalue weighted by Gasteiger charge is 2.39. The van der Waals surface area contributed by atoms with Crippen LogP contribution >= 0.6 is 11.6 Å². The molecule has 8 nitrogen and oxygen atoms in total. The SMILES string of the molecule is C[C@@H](CC(N)=O)CC(=O)N(C1CCCNCC1=O)S(=O)(=O)c1ccc(Cl)cc1. The molecule has 1 unspecified atom stereocenters. The summed E-state index contributed by atoms with van der Waals surface area (Å²) in [5.74, 6) is -2.14. The standard InChI is InChI=1S/C18H24ClN3O5S/c1-12(9-17(20)24)10-18(25)22(15-3-2-8-21-11-16(15)23)28(26,27)14-6-4-13(19)5-7-14/h4-7,12,15,21H,2-3,8-11H2,1H3,(H2,20,24)/t12-,15?/m0/s1. The summed E-state index contributed by atoms with van der Waals surface area (Å²) in [5.41, 5.74) is 5.16. The summed E-state index contributed by atoms with van der Waals surface area (Å²) in [6.45, 7) is 2.18. The van der Waals surface area contributed by atoms with Crippen molar-refractivity contribution >= 4 is 39.2 Å². The zero-order chi connectivity index (χ0) is 20.9. The maximum atomic E-state index is 13.2. The summed E-state index contributed by atoms with van der Waals surface area (Å²) in [6.07, 6.45) is 0.509. The molecule has 0 radical (unpaired) electrons. The number of sulfonamides is 1. The molecule has 1 heterocycles. The number of nitrogens with two attached hydrogens (primary N) is 1. The van der Waals surface area contributed by atoms with E-state index < -0.39 is 33.8 Å². The number of carbonyl (C=O) groups excluding carboxylic acids is 3. The quantitative estimate of drug-likeness (QED) is 0.667. The smallest absolute Gasteiger partial charge is 0.267 e. The van der Waals surface area contributed by atoms with E-state index in [2.05, 4.69) is 5.32 Å². The maximum absolute atomic E-state index is 13.2. The van der Waals surface area contributed by atoms with Crippen molar-refractivity contribution in [3.05, 3.63) is 29.3 Å². The molecule has 2 atom stereocenters. The van der Waals surface area contributed by atoms with Crippen molar-refractivity contribution in [2.45, 2.75) is 43.5 Å². The van der Waals surface area contributed by atoms with Gasteiger partial charge in [-0.05, 0) is 49.6 Å². The average molecular weight is 430 g/mol. The predicted molar refractivity (Wildman–Crippen MR) is 104 cm³/mol. The monoisotopic (exact) mass is 429 g/mol. The Kier molecular flexibility index (Phi) is 7.56. The number of primary amides is 1. The molecule has 10 heteroatoms. The Bertz CT molecular complexity index is 841. The van der Waals surface area contributed by atoms with Crippen molar-refractivity contribution in [2.24, 2.45) is 11.7 Å². The van der Waals surface area contributed by atoms with Crippen LogP contribution in [0.4, 0.5) is 0 Å². The minimum atomic E-state index is -4.28. The number of Topliss-reactive ketones (excluding diaryl/α,β-unsaturated/α-hetero) is 1. The van der Waals surface area contributed by atoms with E-state index in [1.54, 1.807) is 6.92 Å². The molecule has 0 aromatic heterocycles. The summed E-state index contributed by atoms with van der Waals surface area (Å²) in [4.78, 5) is 36.5. The summed E-state index contributed by atoms with van der Waals surface area (Å²) >= 11 is 5.83. The third kappa shape index (κ3) is 5.52. The van der Waals surface area contributed by atoms with Crippen molar-refractivity contribution in [2.75, 3.05) is 13.1 Å². The van der Waals surface area contributed by atoms with Crippen molar-refractivity contribution in [1.82, 2.24) is 9.62 Å². The number of nitrogens with one attached hydrogen (secondary N) is 1. The van der Waals surface area contributed by atoms with Gasteiger partial charge in [0.1, 0.15) is 6.04 Å². The number of carbonyl (C=O) groups is 3. The van der Waals surface area contributed by atoms with Gasteiger partial charge < -0.3 is 11.1 Å². The number of nitrogens with zero attached hydrogens (tertiary/aromatic N) is 1. The Labute approximate surface area is 169 Å². The second-order valence-electron chi connectivity index (χ2n) is 6.93. The van der Waals surface area contributed by atoms with Gasteiger partial charge in [0.25, 0.3) is 10.0 Å². The molecule has 0 bridgehead atoms. The summed E-state index contributed by atoms with van der Waals surface area (Å²) in [5, 5.41) is 3.27. The maximum Gasteiger partial charge on any atom is 0.267 e. The molecule has 1 aromatic rings. The highest BCUT2D eigenvalue weighted by Crippen LogP contribution is 2.25. The van der Waals surface area contributed by atoms with Gasteiger partial charge in [-0.3, -0.25) is 14.4 Å². The van der Waals surface area contributed by atoms with Crippen molar-refractivity contribution in [3.8, 4) is 0 Å². The zero-order valence-electron chi connectivity index (χ0n) is 15.6. The average Bonchev–Trinajstić information content (AvgIpc) is 2.79. The van der Waals surface area contributed by atoms with Gasteiger partial charge in [-0.25, -0.2) is 12.7 Å².